The Hall–Kier alpha value is -1.26. The van der Waals surface area contributed by atoms with Gasteiger partial charge in [0.25, 0.3) is 0 Å². The van der Waals surface area contributed by atoms with E-state index in [9.17, 15) is 4.79 Å². The number of nitrogens with zero attached hydrogens (tertiary/aromatic N) is 1. The maximum atomic E-state index is 11.2. The largest absolute Gasteiger partial charge is 0.492 e. The van der Waals surface area contributed by atoms with Crippen LogP contribution in [-0.2, 0) is 9.53 Å². The van der Waals surface area contributed by atoms with E-state index < -0.39 is 0 Å². The third kappa shape index (κ3) is 7.03. The molecule has 0 fully saturated rings. The van der Waals surface area contributed by atoms with Crippen molar-refractivity contribution in [2.45, 2.75) is 13.3 Å². The van der Waals surface area contributed by atoms with Crippen molar-refractivity contribution in [2.24, 2.45) is 0 Å². The first-order valence-electron chi connectivity index (χ1n) is 6.34. The number of carbonyl (C=O) groups is 1. The summed E-state index contributed by atoms with van der Waals surface area (Å²) < 4.78 is 10.4. The molecule has 0 unspecified atom stereocenters. The van der Waals surface area contributed by atoms with Crippen molar-refractivity contribution >= 4 is 17.6 Å². The van der Waals surface area contributed by atoms with Gasteiger partial charge in [-0.2, -0.15) is 0 Å². The van der Waals surface area contributed by atoms with Gasteiger partial charge in [-0.1, -0.05) is 17.7 Å². The van der Waals surface area contributed by atoms with E-state index in [-0.39, 0.29) is 5.97 Å². The standard InChI is InChI=1S/C14H20ClNO3/c1-3-18-14(17)7-8-16(2)9-10-19-13-6-4-5-12(15)11-13/h4-6,11H,3,7-10H2,1-2H3. The molecular formula is C14H20ClNO3. The molecule has 0 N–H and O–H groups in total. The van der Waals surface area contributed by atoms with Gasteiger partial charge in [0.2, 0.25) is 0 Å². The van der Waals surface area contributed by atoms with Gasteiger partial charge in [0.1, 0.15) is 12.4 Å². The lowest BCUT2D eigenvalue weighted by Gasteiger charge is -2.16. The van der Waals surface area contributed by atoms with E-state index in [1.807, 2.05) is 24.1 Å². The van der Waals surface area contributed by atoms with Gasteiger partial charge >= 0.3 is 5.97 Å². The molecule has 0 amide bonds. The fourth-order valence-corrected chi connectivity index (χ4v) is 1.68. The fraction of sp³-hybridized carbons (Fsp3) is 0.500. The molecule has 106 valence electrons. The number of hydrogen-bond donors (Lipinski definition) is 0. The highest BCUT2D eigenvalue weighted by molar-refractivity contribution is 6.30. The van der Waals surface area contributed by atoms with Crippen LogP contribution in [0.1, 0.15) is 13.3 Å². The van der Waals surface area contributed by atoms with E-state index in [1.54, 1.807) is 19.1 Å². The Kier molecular flexibility index (Phi) is 7.30. The normalized spacial score (nSPS) is 10.5. The molecule has 0 aromatic heterocycles. The highest BCUT2D eigenvalue weighted by Gasteiger charge is 2.05. The van der Waals surface area contributed by atoms with Gasteiger partial charge in [-0.15, -0.1) is 0 Å². The quantitative estimate of drug-likeness (QED) is 0.688. The van der Waals surface area contributed by atoms with Crippen LogP contribution in [0.25, 0.3) is 0 Å². The second-order valence-corrected chi connectivity index (χ2v) is 4.60. The average molecular weight is 286 g/mol. The van der Waals surface area contributed by atoms with Gasteiger partial charge in [-0.25, -0.2) is 0 Å². The van der Waals surface area contributed by atoms with Crippen LogP contribution in [0.3, 0.4) is 0 Å². The molecule has 0 aliphatic rings. The second kappa shape index (κ2) is 8.77. The molecule has 0 atom stereocenters. The van der Waals surface area contributed by atoms with Crippen molar-refractivity contribution in [1.29, 1.82) is 0 Å². The number of rotatable bonds is 8. The first-order chi connectivity index (χ1) is 9.11. The van der Waals surface area contributed by atoms with Crippen LogP contribution < -0.4 is 4.74 Å². The molecule has 0 heterocycles. The molecule has 0 bridgehead atoms. The maximum absolute atomic E-state index is 11.2. The highest BCUT2D eigenvalue weighted by Crippen LogP contribution is 2.16. The minimum atomic E-state index is -0.162. The lowest BCUT2D eigenvalue weighted by atomic mass is 10.3. The first kappa shape index (κ1) is 15.8. The van der Waals surface area contributed by atoms with E-state index in [4.69, 9.17) is 21.1 Å². The Morgan fingerprint density at radius 1 is 1.37 bits per heavy atom. The van der Waals surface area contributed by atoms with Gasteiger partial charge in [0.15, 0.2) is 0 Å². The van der Waals surface area contributed by atoms with E-state index in [2.05, 4.69) is 0 Å². The molecule has 0 spiro atoms. The summed E-state index contributed by atoms with van der Waals surface area (Å²) in [6.07, 6.45) is 0.404. The van der Waals surface area contributed by atoms with E-state index in [0.29, 0.717) is 31.2 Å². The Labute approximate surface area is 119 Å². The van der Waals surface area contributed by atoms with E-state index >= 15 is 0 Å². The van der Waals surface area contributed by atoms with Crippen LogP contribution in [0.4, 0.5) is 0 Å². The second-order valence-electron chi connectivity index (χ2n) is 4.16. The summed E-state index contributed by atoms with van der Waals surface area (Å²) in [6, 6.07) is 7.30. The summed E-state index contributed by atoms with van der Waals surface area (Å²) in [5, 5.41) is 0.660. The molecule has 0 radical (unpaired) electrons. The zero-order valence-corrected chi connectivity index (χ0v) is 12.2. The molecule has 19 heavy (non-hydrogen) atoms. The first-order valence-corrected chi connectivity index (χ1v) is 6.72. The van der Waals surface area contributed by atoms with E-state index in [1.165, 1.54) is 0 Å². The number of halogens is 1. The predicted molar refractivity (Wildman–Crippen MR) is 75.7 cm³/mol. The number of likely N-dealkylation sites (N-methyl/N-ethyl adjacent to an activating group) is 1. The van der Waals surface area contributed by atoms with Crippen molar-refractivity contribution in [2.75, 3.05) is 33.4 Å². The predicted octanol–water partition coefficient (Wildman–Crippen LogP) is 2.60. The zero-order chi connectivity index (χ0) is 14.1. The minimum absolute atomic E-state index is 0.162. The summed E-state index contributed by atoms with van der Waals surface area (Å²) >= 11 is 5.86. The molecular weight excluding hydrogens is 266 g/mol. The van der Waals surface area contributed by atoms with Crippen molar-refractivity contribution < 1.29 is 14.3 Å². The summed E-state index contributed by atoms with van der Waals surface area (Å²) in [4.78, 5) is 13.2. The number of esters is 1. The van der Waals surface area contributed by atoms with Crippen LogP contribution in [0.5, 0.6) is 5.75 Å². The monoisotopic (exact) mass is 285 g/mol. The number of benzene rings is 1. The molecule has 4 nitrogen and oxygen atoms in total. The molecule has 0 aliphatic heterocycles. The van der Waals surface area contributed by atoms with Gasteiger partial charge < -0.3 is 14.4 Å². The molecule has 1 aromatic carbocycles. The maximum Gasteiger partial charge on any atom is 0.307 e. The highest BCUT2D eigenvalue weighted by atomic mass is 35.5. The van der Waals surface area contributed by atoms with Gasteiger partial charge in [-0.3, -0.25) is 4.79 Å². The lowest BCUT2D eigenvalue weighted by Crippen LogP contribution is -2.27. The summed E-state index contributed by atoms with van der Waals surface area (Å²) in [5.74, 6) is 0.594. The number of carbonyl (C=O) groups excluding carboxylic acids is 1. The van der Waals surface area contributed by atoms with Crippen LogP contribution in [0.15, 0.2) is 24.3 Å². The average Bonchev–Trinajstić information content (AvgIpc) is 2.37. The molecule has 1 rings (SSSR count). The van der Waals surface area contributed by atoms with Crippen LogP contribution in [-0.4, -0.2) is 44.2 Å². The topological polar surface area (TPSA) is 38.8 Å². The Morgan fingerprint density at radius 3 is 2.84 bits per heavy atom. The molecule has 0 saturated carbocycles. The van der Waals surface area contributed by atoms with Crippen LogP contribution in [0, 0.1) is 0 Å². The van der Waals surface area contributed by atoms with Crippen molar-refractivity contribution in [1.82, 2.24) is 4.90 Å². The number of ether oxygens (including phenoxy) is 2. The zero-order valence-electron chi connectivity index (χ0n) is 11.4. The fourth-order valence-electron chi connectivity index (χ4n) is 1.50. The van der Waals surface area contributed by atoms with Gasteiger partial charge in [-0.05, 0) is 32.2 Å². The summed E-state index contributed by atoms with van der Waals surface area (Å²) in [6.45, 7) is 4.20. The van der Waals surface area contributed by atoms with E-state index in [0.717, 1.165) is 12.3 Å². The summed E-state index contributed by atoms with van der Waals surface area (Å²) in [7, 11) is 1.94. The number of hydrogen-bond acceptors (Lipinski definition) is 4. The Morgan fingerprint density at radius 2 is 2.16 bits per heavy atom. The van der Waals surface area contributed by atoms with Crippen molar-refractivity contribution in [3.8, 4) is 5.75 Å². The lowest BCUT2D eigenvalue weighted by molar-refractivity contribution is -0.143. The SMILES string of the molecule is CCOC(=O)CCN(C)CCOc1cccc(Cl)c1. The minimum Gasteiger partial charge on any atom is -0.492 e. The summed E-state index contributed by atoms with van der Waals surface area (Å²) in [5.41, 5.74) is 0. The third-order valence-electron chi connectivity index (χ3n) is 2.54. The molecule has 1 aromatic rings. The Balaban J connectivity index is 2.16. The smallest absolute Gasteiger partial charge is 0.307 e. The molecule has 0 saturated heterocycles. The third-order valence-corrected chi connectivity index (χ3v) is 2.78. The van der Waals surface area contributed by atoms with Gasteiger partial charge in [0.05, 0.1) is 13.0 Å². The van der Waals surface area contributed by atoms with Crippen LogP contribution >= 0.6 is 11.6 Å². The van der Waals surface area contributed by atoms with Crippen molar-refractivity contribution in [3.63, 3.8) is 0 Å². The van der Waals surface area contributed by atoms with Crippen LogP contribution in [0.2, 0.25) is 5.02 Å². The van der Waals surface area contributed by atoms with Crippen molar-refractivity contribution in [3.05, 3.63) is 29.3 Å². The van der Waals surface area contributed by atoms with Gasteiger partial charge in [0, 0.05) is 18.1 Å². The molecule has 5 heteroatoms. The molecule has 0 aliphatic carbocycles. The Bertz CT molecular complexity index is 398.